The lowest BCUT2D eigenvalue weighted by Gasteiger charge is -2.26. The quantitative estimate of drug-likeness (QED) is 0.444. The molecule has 176 valence electrons. The summed E-state index contributed by atoms with van der Waals surface area (Å²) in [6.07, 6.45) is 2.09. The Bertz CT molecular complexity index is 1060. The smallest absolute Gasteiger partial charge is 0.315 e. The van der Waals surface area contributed by atoms with Crippen LogP contribution in [0.25, 0.3) is 0 Å². The summed E-state index contributed by atoms with van der Waals surface area (Å²) in [7, 11) is 0. The lowest BCUT2D eigenvalue weighted by atomic mass is 10.1. The third kappa shape index (κ3) is 5.91. The molecule has 1 aromatic heterocycles. The summed E-state index contributed by atoms with van der Waals surface area (Å²) < 4.78 is 0. The van der Waals surface area contributed by atoms with E-state index >= 15 is 0 Å². The van der Waals surface area contributed by atoms with Gasteiger partial charge in [0, 0.05) is 34.9 Å². The number of carbonyl (C=O) groups excluding carboxylic acids is 4. The number of hydrogen-bond donors (Lipinski definition) is 3. The minimum absolute atomic E-state index is 0.200. The molecular formula is C23H27ClN4O4S. The van der Waals surface area contributed by atoms with Gasteiger partial charge in [0.1, 0.15) is 6.04 Å². The van der Waals surface area contributed by atoms with Crippen molar-refractivity contribution in [2.45, 2.75) is 52.2 Å². The molecule has 1 aliphatic rings. The summed E-state index contributed by atoms with van der Waals surface area (Å²) in [6.45, 7) is 4.94. The zero-order valence-corrected chi connectivity index (χ0v) is 20.1. The third-order valence-corrected chi connectivity index (χ3v) is 7.07. The normalized spacial score (nSPS) is 13.4. The Labute approximate surface area is 201 Å². The van der Waals surface area contributed by atoms with Crippen LogP contribution in [0, 0.1) is 6.92 Å². The van der Waals surface area contributed by atoms with Crippen LogP contribution in [0.4, 0.5) is 4.79 Å². The van der Waals surface area contributed by atoms with Crippen molar-refractivity contribution in [1.29, 1.82) is 0 Å². The van der Waals surface area contributed by atoms with Gasteiger partial charge in [0.15, 0.2) is 0 Å². The number of hydrogen-bond acceptors (Lipinski definition) is 5. The fourth-order valence-corrected chi connectivity index (χ4v) is 5.01. The standard InChI is InChI=1S/C23H27ClN4O4S/c1-3-4-19(21(30)27-13-29)28-11-16-17(22(28)31)12-33-20(16)7-8-25-23(32)26-10-15-6-5-14(2)18(24)9-15/h5-6,9,12-13,19H,3-4,7-8,10-11H2,1-2H3,(H2,25,26,32)(H,27,29,30). The van der Waals surface area contributed by atoms with Crippen LogP contribution in [0.2, 0.25) is 5.02 Å². The topological polar surface area (TPSA) is 108 Å². The molecule has 8 nitrogen and oxygen atoms in total. The minimum Gasteiger partial charge on any atom is -0.338 e. The number of urea groups is 1. The van der Waals surface area contributed by atoms with Gasteiger partial charge in [-0.25, -0.2) is 4.79 Å². The molecule has 1 aliphatic heterocycles. The fourth-order valence-electron chi connectivity index (χ4n) is 3.77. The number of nitrogens with zero attached hydrogens (tertiary/aromatic N) is 1. The highest BCUT2D eigenvalue weighted by Gasteiger charge is 2.37. The van der Waals surface area contributed by atoms with Crippen molar-refractivity contribution in [2.75, 3.05) is 6.54 Å². The molecule has 5 amide bonds. The average Bonchev–Trinajstić information content (AvgIpc) is 3.33. The molecular weight excluding hydrogens is 464 g/mol. The predicted octanol–water partition coefficient (Wildman–Crippen LogP) is 3.15. The SMILES string of the molecule is CCCC(C(=O)NC=O)N1Cc2c(csc2CCNC(=O)NCc2ccc(C)c(Cl)c2)C1=O. The molecule has 0 saturated carbocycles. The Hall–Kier alpha value is -2.91. The molecule has 2 aromatic rings. The molecule has 0 spiro atoms. The molecule has 0 radical (unpaired) electrons. The van der Waals surface area contributed by atoms with E-state index < -0.39 is 11.9 Å². The Morgan fingerprint density at radius 1 is 1.30 bits per heavy atom. The first kappa shape index (κ1) is 24.7. The van der Waals surface area contributed by atoms with E-state index in [4.69, 9.17) is 11.6 Å². The Balaban J connectivity index is 1.53. The van der Waals surface area contributed by atoms with Crippen LogP contribution < -0.4 is 16.0 Å². The molecule has 0 fully saturated rings. The van der Waals surface area contributed by atoms with E-state index in [1.807, 2.05) is 32.0 Å². The summed E-state index contributed by atoms with van der Waals surface area (Å²) >= 11 is 7.59. The molecule has 3 rings (SSSR count). The molecule has 2 heterocycles. The van der Waals surface area contributed by atoms with Gasteiger partial charge in [0.25, 0.3) is 5.91 Å². The molecule has 0 saturated heterocycles. The summed E-state index contributed by atoms with van der Waals surface area (Å²) in [5.41, 5.74) is 3.38. The number of fused-ring (bicyclic) bond motifs is 1. The van der Waals surface area contributed by atoms with E-state index in [9.17, 15) is 19.2 Å². The highest BCUT2D eigenvalue weighted by molar-refractivity contribution is 7.10. The molecule has 0 aliphatic carbocycles. The fraction of sp³-hybridized carbons (Fsp3) is 0.391. The van der Waals surface area contributed by atoms with Gasteiger partial charge in [-0.1, -0.05) is 37.1 Å². The molecule has 33 heavy (non-hydrogen) atoms. The Morgan fingerprint density at radius 3 is 2.79 bits per heavy atom. The van der Waals surface area contributed by atoms with Crippen LogP contribution in [0.15, 0.2) is 23.6 Å². The second kappa shape index (κ2) is 11.3. The molecule has 1 aromatic carbocycles. The maximum Gasteiger partial charge on any atom is 0.315 e. The summed E-state index contributed by atoms with van der Waals surface area (Å²) in [5, 5.41) is 10.3. The molecule has 10 heteroatoms. The summed E-state index contributed by atoms with van der Waals surface area (Å²) in [6, 6.07) is 4.69. The van der Waals surface area contributed by atoms with E-state index in [1.165, 1.54) is 16.2 Å². The van der Waals surface area contributed by atoms with Crippen molar-refractivity contribution >= 4 is 47.2 Å². The molecule has 0 bridgehead atoms. The highest BCUT2D eigenvalue weighted by Crippen LogP contribution is 2.33. The maximum absolute atomic E-state index is 12.9. The van der Waals surface area contributed by atoms with Gasteiger partial charge >= 0.3 is 6.03 Å². The number of rotatable bonds is 10. The molecule has 3 N–H and O–H groups in total. The van der Waals surface area contributed by atoms with Gasteiger partial charge in [-0.15, -0.1) is 11.3 Å². The van der Waals surface area contributed by atoms with Crippen molar-refractivity contribution in [3.8, 4) is 0 Å². The van der Waals surface area contributed by atoms with Crippen LogP contribution in [-0.4, -0.2) is 41.7 Å². The first-order valence-corrected chi connectivity index (χ1v) is 12.0. The second-order valence-electron chi connectivity index (χ2n) is 7.86. The van der Waals surface area contributed by atoms with Crippen LogP contribution >= 0.6 is 22.9 Å². The third-order valence-electron chi connectivity index (χ3n) is 5.57. The maximum atomic E-state index is 12.9. The largest absolute Gasteiger partial charge is 0.338 e. The minimum atomic E-state index is -0.683. The molecule has 1 unspecified atom stereocenters. The Kier molecular flexibility index (Phi) is 8.46. The van der Waals surface area contributed by atoms with Gasteiger partial charge < -0.3 is 15.5 Å². The first-order valence-electron chi connectivity index (χ1n) is 10.8. The van der Waals surface area contributed by atoms with E-state index in [2.05, 4.69) is 16.0 Å². The highest BCUT2D eigenvalue weighted by atomic mass is 35.5. The zero-order valence-electron chi connectivity index (χ0n) is 18.6. The number of nitrogens with one attached hydrogen (secondary N) is 3. The van der Waals surface area contributed by atoms with Crippen molar-refractivity contribution < 1.29 is 19.2 Å². The van der Waals surface area contributed by atoms with Crippen LogP contribution in [0.5, 0.6) is 0 Å². The van der Waals surface area contributed by atoms with Crippen LogP contribution in [0.3, 0.4) is 0 Å². The summed E-state index contributed by atoms with van der Waals surface area (Å²) in [5.74, 6) is -0.668. The lowest BCUT2D eigenvalue weighted by molar-refractivity contribution is -0.129. The number of thiophene rings is 1. The van der Waals surface area contributed by atoms with Gasteiger partial charge in [-0.2, -0.15) is 0 Å². The van der Waals surface area contributed by atoms with Crippen molar-refractivity contribution in [3.63, 3.8) is 0 Å². The van der Waals surface area contributed by atoms with Crippen molar-refractivity contribution in [3.05, 3.63) is 55.7 Å². The predicted molar refractivity (Wildman–Crippen MR) is 127 cm³/mol. The monoisotopic (exact) mass is 490 g/mol. The van der Waals surface area contributed by atoms with Crippen molar-refractivity contribution in [1.82, 2.24) is 20.9 Å². The van der Waals surface area contributed by atoms with Crippen molar-refractivity contribution in [2.24, 2.45) is 0 Å². The number of amides is 5. The zero-order chi connectivity index (χ0) is 24.0. The van der Waals surface area contributed by atoms with E-state index in [-0.39, 0.29) is 11.9 Å². The first-order chi connectivity index (χ1) is 15.8. The lowest BCUT2D eigenvalue weighted by Crippen LogP contribution is -2.46. The average molecular weight is 491 g/mol. The number of benzene rings is 1. The number of halogens is 1. The van der Waals surface area contributed by atoms with Gasteiger partial charge in [-0.05, 0) is 42.5 Å². The van der Waals surface area contributed by atoms with Gasteiger partial charge in [0.05, 0.1) is 5.56 Å². The van der Waals surface area contributed by atoms with E-state index in [1.54, 1.807) is 5.38 Å². The van der Waals surface area contributed by atoms with E-state index in [0.717, 1.165) is 21.6 Å². The van der Waals surface area contributed by atoms with Gasteiger partial charge in [0.2, 0.25) is 12.3 Å². The number of imide groups is 1. The van der Waals surface area contributed by atoms with Crippen LogP contribution in [0.1, 0.15) is 51.7 Å². The second-order valence-corrected chi connectivity index (χ2v) is 9.23. The molecule has 1 atom stereocenters. The van der Waals surface area contributed by atoms with Crippen LogP contribution in [-0.2, 0) is 29.1 Å². The summed E-state index contributed by atoms with van der Waals surface area (Å²) in [4.78, 5) is 50.5. The Morgan fingerprint density at radius 2 is 2.09 bits per heavy atom. The van der Waals surface area contributed by atoms with Gasteiger partial charge in [-0.3, -0.25) is 19.7 Å². The number of carbonyl (C=O) groups is 4. The number of aryl methyl sites for hydroxylation is 1. The van der Waals surface area contributed by atoms with E-state index in [0.29, 0.717) is 55.9 Å².